The second-order valence-electron chi connectivity index (χ2n) is 7.03. The Balaban J connectivity index is 1.43. The third-order valence-electron chi connectivity index (χ3n) is 5.20. The number of amides is 1. The zero-order chi connectivity index (χ0) is 20.2. The normalized spacial score (nSPS) is 13.2. The summed E-state index contributed by atoms with van der Waals surface area (Å²) in [6.07, 6.45) is -0.634. The predicted octanol–water partition coefficient (Wildman–Crippen LogP) is 2.89. The number of alkyl carbamates (subject to hydrolysis) is 1. The number of carboxylic acid groups (broad SMARTS) is 1. The lowest BCUT2D eigenvalue weighted by Gasteiger charge is -2.21. The molecule has 0 unspecified atom stereocenters. The minimum absolute atomic E-state index is 0.0799. The number of nitrogens with one attached hydrogen (secondary N) is 1. The summed E-state index contributed by atoms with van der Waals surface area (Å²) in [6, 6.07) is 24.0. The standard InChI is InChI=1S/C24H21NO4/c26-23(27)22(14-16-8-2-1-3-9-16)25-24(28)29-15-21-19-12-6-4-10-17(19)18-11-5-7-13-20(18)21/h1-13,21-22H,14-15H2,(H,25,28)(H,26,27)/p-1/t22-/m1/s1. The number of hydrogen-bond donors (Lipinski definition) is 1. The van der Waals surface area contributed by atoms with Gasteiger partial charge in [0.05, 0.1) is 12.0 Å². The fraction of sp³-hybridized carbons (Fsp3) is 0.167. The van der Waals surface area contributed by atoms with Crippen LogP contribution >= 0.6 is 0 Å². The van der Waals surface area contributed by atoms with Crippen LogP contribution in [0.5, 0.6) is 0 Å². The van der Waals surface area contributed by atoms with Gasteiger partial charge >= 0.3 is 6.09 Å². The van der Waals surface area contributed by atoms with E-state index in [9.17, 15) is 14.7 Å². The van der Waals surface area contributed by atoms with E-state index in [1.54, 1.807) is 12.1 Å². The van der Waals surface area contributed by atoms with E-state index in [0.29, 0.717) is 0 Å². The SMILES string of the molecule is O=C(N[C@H](Cc1ccccc1)C(=O)[O-])OCC1c2ccccc2-c2ccccc21. The average Bonchev–Trinajstić information content (AvgIpc) is 3.06. The van der Waals surface area contributed by atoms with E-state index in [1.807, 2.05) is 54.6 Å². The molecule has 0 fully saturated rings. The molecule has 146 valence electrons. The molecule has 0 saturated heterocycles. The van der Waals surface area contributed by atoms with Crippen molar-refractivity contribution >= 4 is 12.1 Å². The summed E-state index contributed by atoms with van der Waals surface area (Å²) >= 11 is 0. The topological polar surface area (TPSA) is 78.5 Å². The van der Waals surface area contributed by atoms with E-state index < -0.39 is 18.1 Å². The number of carbonyl (C=O) groups excluding carboxylic acids is 2. The van der Waals surface area contributed by atoms with Gasteiger partial charge in [-0.2, -0.15) is 0 Å². The molecular weight excluding hydrogens is 366 g/mol. The van der Waals surface area contributed by atoms with Gasteiger partial charge in [0.25, 0.3) is 0 Å². The van der Waals surface area contributed by atoms with Crippen LogP contribution in [0.15, 0.2) is 78.9 Å². The molecule has 0 heterocycles. The maximum atomic E-state index is 12.3. The van der Waals surface area contributed by atoms with E-state index in [4.69, 9.17) is 4.74 Å². The van der Waals surface area contributed by atoms with Crippen LogP contribution in [0.1, 0.15) is 22.6 Å². The van der Waals surface area contributed by atoms with Crippen LogP contribution < -0.4 is 10.4 Å². The molecule has 5 heteroatoms. The lowest BCUT2D eigenvalue weighted by Crippen LogP contribution is -2.49. The highest BCUT2D eigenvalue weighted by molar-refractivity contribution is 5.80. The number of carbonyl (C=O) groups is 2. The minimum atomic E-state index is -1.35. The fourth-order valence-corrected chi connectivity index (χ4v) is 3.83. The largest absolute Gasteiger partial charge is 0.548 e. The Morgan fingerprint density at radius 1 is 0.862 bits per heavy atom. The molecule has 0 saturated carbocycles. The van der Waals surface area contributed by atoms with Gasteiger partial charge in [-0.1, -0.05) is 78.9 Å². The highest BCUT2D eigenvalue weighted by atomic mass is 16.5. The number of hydrogen-bond acceptors (Lipinski definition) is 4. The lowest BCUT2D eigenvalue weighted by molar-refractivity contribution is -0.308. The quantitative estimate of drug-likeness (QED) is 0.707. The molecule has 0 aromatic heterocycles. The van der Waals surface area contributed by atoms with Crippen LogP contribution in [-0.4, -0.2) is 24.7 Å². The summed E-state index contributed by atoms with van der Waals surface area (Å²) in [6.45, 7) is 0.130. The van der Waals surface area contributed by atoms with Crippen molar-refractivity contribution in [3.8, 4) is 11.1 Å². The van der Waals surface area contributed by atoms with Crippen LogP contribution in [0, 0.1) is 0 Å². The summed E-state index contributed by atoms with van der Waals surface area (Å²) in [5, 5.41) is 13.9. The number of ether oxygens (including phenoxy) is 1. The Bertz CT molecular complexity index is 986. The van der Waals surface area contributed by atoms with Crippen LogP contribution in [0.4, 0.5) is 4.79 Å². The number of aliphatic carboxylic acids is 1. The first kappa shape index (κ1) is 18.7. The van der Waals surface area contributed by atoms with Gasteiger partial charge in [0.1, 0.15) is 6.61 Å². The predicted molar refractivity (Wildman–Crippen MR) is 107 cm³/mol. The molecule has 4 rings (SSSR count). The molecule has 5 nitrogen and oxygen atoms in total. The maximum Gasteiger partial charge on any atom is 0.407 e. The van der Waals surface area contributed by atoms with Crippen molar-refractivity contribution in [2.24, 2.45) is 0 Å². The molecule has 0 radical (unpaired) electrons. The van der Waals surface area contributed by atoms with E-state index >= 15 is 0 Å². The van der Waals surface area contributed by atoms with Gasteiger partial charge in [-0.25, -0.2) is 4.79 Å². The fourth-order valence-electron chi connectivity index (χ4n) is 3.83. The summed E-state index contributed by atoms with van der Waals surface area (Å²) in [4.78, 5) is 23.8. The molecule has 29 heavy (non-hydrogen) atoms. The first-order valence-corrected chi connectivity index (χ1v) is 9.50. The Labute approximate surface area is 169 Å². The van der Waals surface area contributed by atoms with Crippen LogP contribution in [-0.2, 0) is 16.0 Å². The molecule has 3 aromatic rings. The van der Waals surface area contributed by atoms with E-state index in [-0.39, 0.29) is 18.9 Å². The number of carboxylic acids is 1. The summed E-state index contributed by atoms with van der Waals surface area (Å²) in [5.41, 5.74) is 5.26. The minimum Gasteiger partial charge on any atom is -0.548 e. The van der Waals surface area contributed by atoms with Crippen LogP contribution in [0.25, 0.3) is 11.1 Å². The first-order valence-electron chi connectivity index (χ1n) is 9.50. The third-order valence-corrected chi connectivity index (χ3v) is 5.20. The molecule has 0 spiro atoms. The summed E-state index contributed by atoms with van der Waals surface area (Å²) in [5.74, 6) is -1.42. The van der Waals surface area contributed by atoms with E-state index in [1.165, 1.54) is 0 Å². The van der Waals surface area contributed by atoms with Gasteiger partial charge in [0.2, 0.25) is 0 Å². The van der Waals surface area contributed by atoms with Gasteiger partial charge in [-0.15, -0.1) is 0 Å². The van der Waals surface area contributed by atoms with Gasteiger partial charge in [0, 0.05) is 5.92 Å². The summed E-state index contributed by atoms with van der Waals surface area (Å²) in [7, 11) is 0. The Kier molecular flexibility index (Phi) is 5.29. The molecule has 1 aliphatic rings. The highest BCUT2D eigenvalue weighted by Gasteiger charge is 2.29. The molecule has 0 aliphatic heterocycles. The first-order chi connectivity index (χ1) is 14.1. The van der Waals surface area contributed by atoms with Gasteiger partial charge in [0.15, 0.2) is 0 Å². The molecule has 1 atom stereocenters. The number of benzene rings is 3. The van der Waals surface area contributed by atoms with Crippen molar-refractivity contribution in [2.75, 3.05) is 6.61 Å². The smallest absolute Gasteiger partial charge is 0.407 e. The second kappa shape index (κ2) is 8.19. The second-order valence-corrected chi connectivity index (χ2v) is 7.03. The zero-order valence-corrected chi connectivity index (χ0v) is 15.7. The van der Waals surface area contributed by atoms with Gasteiger partial charge in [-0.05, 0) is 34.2 Å². The molecular formula is C24H20NO4-. The Morgan fingerprint density at radius 3 is 2.00 bits per heavy atom. The maximum absolute atomic E-state index is 12.3. The van der Waals surface area contributed by atoms with E-state index in [2.05, 4.69) is 17.4 Å². The van der Waals surface area contributed by atoms with Gasteiger partial charge in [-0.3, -0.25) is 0 Å². The van der Waals surface area contributed by atoms with Crippen LogP contribution in [0.2, 0.25) is 0 Å². The highest BCUT2D eigenvalue weighted by Crippen LogP contribution is 2.44. The van der Waals surface area contributed by atoms with Crippen molar-refractivity contribution in [1.82, 2.24) is 5.32 Å². The van der Waals surface area contributed by atoms with Crippen molar-refractivity contribution in [3.63, 3.8) is 0 Å². The lowest BCUT2D eigenvalue weighted by atomic mass is 9.98. The molecule has 0 bridgehead atoms. The van der Waals surface area contributed by atoms with Crippen molar-refractivity contribution in [1.29, 1.82) is 0 Å². The molecule has 1 N–H and O–H groups in total. The van der Waals surface area contributed by atoms with Gasteiger partial charge < -0.3 is 20.0 Å². The average molecular weight is 386 g/mol. The zero-order valence-electron chi connectivity index (χ0n) is 15.7. The van der Waals surface area contributed by atoms with Crippen molar-refractivity contribution in [3.05, 3.63) is 95.6 Å². The van der Waals surface area contributed by atoms with Crippen molar-refractivity contribution in [2.45, 2.75) is 18.4 Å². The molecule has 1 aliphatic carbocycles. The monoisotopic (exact) mass is 386 g/mol. The number of fused-ring (bicyclic) bond motifs is 3. The molecule has 1 amide bonds. The van der Waals surface area contributed by atoms with E-state index in [0.717, 1.165) is 27.8 Å². The summed E-state index contributed by atoms with van der Waals surface area (Å²) < 4.78 is 5.42. The Hall–Kier alpha value is -3.60. The molecule has 3 aromatic carbocycles. The Morgan fingerprint density at radius 2 is 1.41 bits per heavy atom. The number of rotatable bonds is 6. The third kappa shape index (κ3) is 3.99. The van der Waals surface area contributed by atoms with Crippen LogP contribution in [0.3, 0.4) is 0 Å². The van der Waals surface area contributed by atoms with Crippen molar-refractivity contribution < 1.29 is 19.4 Å².